The van der Waals surface area contributed by atoms with Gasteiger partial charge in [-0.3, -0.25) is 4.79 Å². The number of nitrogens with zero attached hydrogens (tertiary/aromatic N) is 2. The third-order valence-corrected chi connectivity index (χ3v) is 4.01. The molecule has 1 aromatic heterocycles. The van der Waals surface area contributed by atoms with Crippen LogP contribution in [0.4, 0.5) is 0 Å². The lowest BCUT2D eigenvalue weighted by Gasteiger charge is -2.16. The molecule has 0 saturated heterocycles. The molecule has 1 saturated carbocycles. The lowest BCUT2D eigenvalue weighted by atomic mass is 9.88. The second-order valence-electron chi connectivity index (χ2n) is 4.72. The highest BCUT2D eigenvalue weighted by Crippen LogP contribution is 2.30. The Bertz CT molecular complexity index is 380. The highest BCUT2D eigenvalue weighted by molar-refractivity contribution is 7.99. The van der Waals surface area contributed by atoms with Gasteiger partial charge in [0.2, 0.25) is 5.89 Å². The number of aromatic nitrogens is 2. The highest BCUT2D eigenvalue weighted by atomic mass is 32.2. The maximum absolute atomic E-state index is 11.2. The second kappa shape index (κ2) is 5.67. The molecule has 1 aliphatic carbocycles. The number of carbonyl (C=O) groups excluding carboxylic acids is 1. The fourth-order valence-electron chi connectivity index (χ4n) is 1.92. The Morgan fingerprint density at radius 1 is 1.41 bits per heavy atom. The van der Waals surface area contributed by atoms with E-state index in [4.69, 9.17) is 4.52 Å². The summed E-state index contributed by atoms with van der Waals surface area (Å²) in [4.78, 5) is 15.6. The topological polar surface area (TPSA) is 56.0 Å². The van der Waals surface area contributed by atoms with E-state index in [1.54, 1.807) is 11.8 Å². The summed E-state index contributed by atoms with van der Waals surface area (Å²) in [6, 6.07) is 0. The standard InChI is InChI=1S/C12H18N2O2S/c1-8(2)17-7-11-13-12(16-14-11)9-3-5-10(15)6-4-9/h8-9H,3-7H2,1-2H3. The van der Waals surface area contributed by atoms with E-state index in [-0.39, 0.29) is 5.92 Å². The van der Waals surface area contributed by atoms with Gasteiger partial charge in [0, 0.05) is 18.8 Å². The third-order valence-electron chi connectivity index (χ3n) is 2.92. The summed E-state index contributed by atoms with van der Waals surface area (Å²) in [6.07, 6.45) is 3.03. The molecule has 0 unspecified atom stereocenters. The molecule has 0 radical (unpaired) electrons. The van der Waals surface area contributed by atoms with Crippen LogP contribution in [-0.2, 0) is 10.5 Å². The second-order valence-corrected chi connectivity index (χ2v) is 6.29. The van der Waals surface area contributed by atoms with Gasteiger partial charge in [0.25, 0.3) is 0 Å². The molecule has 0 bridgehead atoms. The molecule has 1 aliphatic rings. The van der Waals surface area contributed by atoms with Crippen molar-refractivity contribution in [1.82, 2.24) is 10.1 Å². The average Bonchev–Trinajstić information content (AvgIpc) is 2.76. The van der Waals surface area contributed by atoms with E-state index in [1.165, 1.54) is 0 Å². The van der Waals surface area contributed by atoms with Gasteiger partial charge in [-0.1, -0.05) is 19.0 Å². The fraction of sp³-hybridized carbons (Fsp3) is 0.750. The molecular formula is C12H18N2O2S. The highest BCUT2D eigenvalue weighted by Gasteiger charge is 2.24. The Hall–Kier alpha value is -0.840. The zero-order chi connectivity index (χ0) is 12.3. The first-order chi connectivity index (χ1) is 8.15. The van der Waals surface area contributed by atoms with Gasteiger partial charge in [0.1, 0.15) is 5.78 Å². The molecule has 1 fully saturated rings. The van der Waals surface area contributed by atoms with Crippen LogP contribution in [0.2, 0.25) is 0 Å². The first kappa shape index (κ1) is 12.6. The van der Waals surface area contributed by atoms with Crippen LogP contribution >= 0.6 is 11.8 Å². The van der Waals surface area contributed by atoms with Gasteiger partial charge in [-0.2, -0.15) is 16.7 Å². The van der Waals surface area contributed by atoms with E-state index in [1.807, 2.05) is 0 Å². The third kappa shape index (κ3) is 3.56. The van der Waals surface area contributed by atoms with Crippen LogP contribution in [0.1, 0.15) is 57.2 Å². The van der Waals surface area contributed by atoms with Crippen molar-refractivity contribution in [2.75, 3.05) is 0 Å². The zero-order valence-electron chi connectivity index (χ0n) is 10.3. The molecule has 17 heavy (non-hydrogen) atoms. The Labute approximate surface area is 106 Å². The summed E-state index contributed by atoms with van der Waals surface area (Å²) in [5, 5.41) is 4.56. The van der Waals surface area contributed by atoms with Crippen molar-refractivity contribution < 1.29 is 9.32 Å². The summed E-state index contributed by atoms with van der Waals surface area (Å²) in [7, 11) is 0. The van der Waals surface area contributed by atoms with Crippen molar-refractivity contribution in [2.24, 2.45) is 0 Å². The van der Waals surface area contributed by atoms with Gasteiger partial charge in [0.15, 0.2) is 5.82 Å². The van der Waals surface area contributed by atoms with Crippen molar-refractivity contribution in [3.05, 3.63) is 11.7 Å². The quantitative estimate of drug-likeness (QED) is 0.826. The van der Waals surface area contributed by atoms with E-state index >= 15 is 0 Å². The van der Waals surface area contributed by atoms with Gasteiger partial charge in [-0.15, -0.1) is 0 Å². The molecule has 0 amide bonds. The predicted octanol–water partition coefficient (Wildman–Crippen LogP) is 2.94. The number of Topliss-reactive ketones (excluding diaryl/α,β-unsaturated/α-hetero) is 1. The van der Waals surface area contributed by atoms with Gasteiger partial charge >= 0.3 is 0 Å². The van der Waals surface area contributed by atoms with E-state index in [9.17, 15) is 4.79 Å². The number of carbonyl (C=O) groups is 1. The van der Waals surface area contributed by atoms with Crippen LogP contribution in [0.3, 0.4) is 0 Å². The molecule has 0 atom stereocenters. The molecule has 0 N–H and O–H groups in total. The minimum atomic E-state index is 0.290. The summed E-state index contributed by atoms with van der Waals surface area (Å²) >= 11 is 1.81. The first-order valence-electron chi connectivity index (χ1n) is 6.11. The van der Waals surface area contributed by atoms with E-state index in [0.717, 1.165) is 30.3 Å². The Balaban J connectivity index is 1.91. The normalized spacial score (nSPS) is 17.9. The summed E-state index contributed by atoms with van der Waals surface area (Å²) < 4.78 is 5.29. The molecule has 4 nitrogen and oxygen atoms in total. The number of thioether (sulfide) groups is 1. The van der Waals surface area contributed by atoms with Gasteiger partial charge in [-0.25, -0.2) is 0 Å². The Morgan fingerprint density at radius 3 is 2.76 bits per heavy atom. The van der Waals surface area contributed by atoms with Crippen LogP contribution in [0, 0.1) is 0 Å². The molecule has 5 heteroatoms. The SMILES string of the molecule is CC(C)SCc1noc(C2CCC(=O)CC2)n1. The summed E-state index contributed by atoms with van der Waals surface area (Å²) in [6.45, 7) is 4.30. The van der Waals surface area contributed by atoms with Crippen LogP contribution < -0.4 is 0 Å². The Kier molecular flexibility index (Phi) is 4.20. The minimum absolute atomic E-state index is 0.290. The molecular weight excluding hydrogens is 236 g/mol. The van der Waals surface area contributed by atoms with Crippen molar-refractivity contribution in [2.45, 2.75) is 56.5 Å². The van der Waals surface area contributed by atoms with Crippen LogP contribution in [-0.4, -0.2) is 21.2 Å². The average molecular weight is 254 g/mol. The summed E-state index contributed by atoms with van der Waals surface area (Å²) in [5.74, 6) is 2.94. The maximum atomic E-state index is 11.2. The molecule has 94 valence electrons. The molecule has 0 spiro atoms. The predicted molar refractivity (Wildman–Crippen MR) is 66.9 cm³/mol. The van der Waals surface area contributed by atoms with Crippen molar-refractivity contribution in [3.8, 4) is 0 Å². The lowest BCUT2D eigenvalue weighted by Crippen LogP contribution is -2.12. The van der Waals surface area contributed by atoms with E-state index < -0.39 is 0 Å². The van der Waals surface area contributed by atoms with Crippen molar-refractivity contribution >= 4 is 17.5 Å². The monoisotopic (exact) mass is 254 g/mol. The van der Waals surface area contributed by atoms with Gasteiger partial charge in [0.05, 0.1) is 5.75 Å². The van der Waals surface area contributed by atoms with Gasteiger partial charge in [-0.05, 0) is 18.1 Å². The van der Waals surface area contributed by atoms with Gasteiger partial charge < -0.3 is 4.52 Å². The van der Waals surface area contributed by atoms with E-state index in [0.29, 0.717) is 23.9 Å². The van der Waals surface area contributed by atoms with E-state index in [2.05, 4.69) is 24.0 Å². The van der Waals surface area contributed by atoms with Crippen LogP contribution in [0.5, 0.6) is 0 Å². The number of hydrogen-bond acceptors (Lipinski definition) is 5. The molecule has 1 aromatic rings. The first-order valence-corrected chi connectivity index (χ1v) is 7.16. The lowest BCUT2D eigenvalue weighted by molar-refractivity contribution is -0.120. The molecule has 2 rings (SSSR count). The van der Waals surface area contributed by atoms with Crippen LogP contribution in [0.25, 0.3) is 0 Å². The molecule has 1 heterocycles. The van der Waals surface area contributed by atoms with Crippen molar-refractivity contribution in [3.63, 3.8) is 0 Å². The maximum Gasteiger partial charge on any atom is 0.229 e. The largest absolute Gasteiger partial charge is 0.339 e. The summed E-state index contributed by atoms with van der Waals surface area (Å²) in [5.41, 5.74) is 0. The minimum Gasteiger partial charge on any atom is -0.339 e. The van der Waals surface area contributed by atoms with Crippen LogP contribution in [0.15, 0.2) is 4.52 Å². The Morgan fingerprint density at radius 2 is 2.12 bits per heavy atom. The van der Waals surface area contributed by atoms with Crippen molar-refractivity contribution in [1.29, 1.82) is 0 Å². The number of rotatable bonds is 4. The fourth-order valence-corrected chi connectivity index (χ4v) is 2.52. The number of hydrogen-bond donors (Lipinski definition) is 0. The smallest absolute Gasteiger partial charge is 0.229 e. The number of ketones is 1. The zero-order valence-corrected chi connectivity index (χ0v) is 11.1. The molecule has 0 aliphatic heterocycles. The molecule has 0 aromatic carbocycles.